The third-order valence-corrected chi connectivity index (χ3v) is 2.85. The first-order valence-electron chi connectivity index (χ1n) is 4.71. The van der Waals surface area contributed by atoms with Gasteiger partial charge in [-0.1, -0.05) is 0 Å². The third-order valence-electron chi connectivity index (χ3n) is 1.93. The van der Waals surface area contributed by atoms with Gasteiger partial charge in [-0.3, -0.25) is 0 Å². The minimum atomic E-state index is -2.69. The Hall–Kier alpha value is -0.750. The normalized spacial score (nSPS) is 10.7. The van der Waals surface area contributed by atoms with Crippen molar-refractivity contribution in [3.05, 3.63) is 27.5 Å². The summed E-state index contributed by atoms with van der Waals surface area (Å²) in [6.07, 6.45) is -2.69. The Labute approximate surface area is 110 Å². The Morgan fingerprint density at radius 3 is 2.76 bits per heavy atom. The Bertz CT molecular complexity index is 429. The molecule has 0 radical (unpaired) electrons. The Morgan fingerprint density at radius 1 is 1.65 bits per heavy atom. The number of carbonyl (C=O) groups excluding carboxylic acids is 1. The van der Waals surface area contributed by atoms with Crippen LogP contribution in [0.5, 0.6) is 0 Å². The van der Waals surface area contributed by atoms with Gasteiger partial charge in [0.05, 0.1) is 12.2 Å². The number of aromatic nitrogens is 1. The molecule has 94 valence electrons. The van der Waals surface area contributed by atoms with Crippen LogP contribution in [0.4, 0.5) is 8.78 Å². The smallest absolute Gasteiger partial charge is 0.357 e. The van der Waals surface area contributed by atoms with Crippen molar-refractivity contribution >= 4 is 33.5 Å². The molecule has 0 aliphatic rings. The molecule has 0 aromatic carbocycles. The summed E-state index contributed by atoms with van der Waals surface area (Å²) in [5.74, 6) is -0.765. The minimum Gasteiger partial charge on any atom is -0.461 e. The molecule has 0 bridgehead atoms. The van der Waals surface area contributed by atoms with Crippen molar-refractivity contribution < 1.29 is 18.3 Å². The van der Waals surface area contributed by atoms with E-state index in [1.165, 1.54) is 0 Å². The molecule has 1 aromatic heterocycles. The van der Waals surface area contributed by atoms with E-state index in [9.17, 15) is 13.6 Å². The first kappa shape index (κ1) is 14.3. The van der Waals surface area contributed by atoms with Crippen molar-refractivity contribution in [3.63, 3.8) is 0 Å². The van der Waals surface area contributed by atoms with Gasteiger partial charge < -0.3 is 4.74 Å². The maximum absolute atomic E-state index is 12.6. The van der Waals surface area contributed by atoms with E-state index in [4.69, 9.17) is 16.3 Å². The van der Waals surface area contributed by atoms with Gasteiger partial charge in [0.25, 0.3) is 6.43 Å². The van der Waals surface area contributed by atoms with E-state index < -0.39 is 12.4 Å². The zero-order valence-corrected chi connectivity index (χ0v) is 11.2. The lowest BCUT2D eigenvalue weighted by Gasteiger charge is -2.09. The Morgan fingerprint density at radius 2 is 2.29 bits per heavy atom. The molecule has 0 fully saturated rings. The molecule has 17 heavy (non-hydrogen) atoms. The second kappa shape index (κ2) is 6.26. The molecule has 0 aliphatic carbocycles. The van der Waals surface area contributed by atoms with Crippen LogP contribution in [0, 0.1) is 0 Å². The summed E-state index contributed by atoms with van der Waals surface area (Å²) in [5.41, 5.74) is -0.115. The van der Waals surface area contributed by atoms with Gasteiger partial charge in [0.2, 0.25) is 0 Å². The average molecular weight is 329 g/mol. The van der Waals surface area contributed by atoms with Crippen LogP contribution >= 0.6 is 27.5 Å². The van der Waals surface area contributed by atoms with Crippen LogP contribution in [0.3, 0.4) is 0 Å². The summed E-state index contributed by atoms with van der Waals surface area (Å²) in [7, 11) is 0. The molecular weight excluding hydrogens is 319 g/mol. The maximum atomic E-state index is 12.6. The number of halogens is 4. The molecule has 0 N–H and O–H groups in total. The maximum Gasteiger partial charge on any atom is 0.357 e. The highest BCUT2D eigenvalue weighted by atomic mass is 79.9. The summed E-state index contributed by atoms with van der Waals surface area (Å²) in [4.78, 5) is 15.3. The van der Waals surface area contributed by atoms with Gasteiger partial charge in [-0.15, -0.1) is 11.6 Å². The van der Waals surface area contributed by atoms with Crippen molar-refractivity contribution in [3.8, 4) is 0 Å². The first-order chi connectivity index (χ1) is 8.01. The molecule has 7 heteroatoms. The van der Waals surface area contributed by atoms with Gasteiger partial charge in [-0.25, -0.2) is 18.6 Å². The van der Waals surface area contributed by atoms with Crippen molar-refractivity contribution in [2.24, 2.45) is 0 Å². The predicted octanol–water partition coefficient (Wildman–Crippen LogP) is 3.70. The summed E-state index contributed by atoms with van der Waals surface area (Å²) in [5, 5.41) is 0. The molecule has 1 heterocycles. The molecular formula is C10H9BrClF2NO2. The van der Waals surface area contributed by atoms with E-state index in [-0.39, 0.29) is 33.9 Å². The summed E-state index contributed by atoms with van der Waals surface area (Å²) in [6.45, 7) is 1.82. The monoisotopic (exact) mass is 327 g/mol. The number of hydrogen-bond acceptors (Lipinski definition) is 3. The van der Waals surface area contributed by atoms with E-state index in [0.29, 0.717) is 0 Å². The number of hydrogen-bond donors (Lipinski definition) is 0. The predicted molar refractivity (Wildman–Crippen MR) is 62.4 cm³/mol. The van der Waals surface area contributed by atoms with E-state index in [2.05, 4.69) is 20.9 Å². The molecule has 0 amide bonds. The molecule has 0 saturated carbocycles. The lowest BCUT2D eigenvalue weighted by Crippen LogP contribution is -2.11. The second-order valence-corrected chi connectivity index (χ2v) is 4.05. The fraction of sp³-hybridized carbons (Fsp3) is 0.400. The fourth-order valence-electron chi connectivity index (χ4n) is 1.18. The Balaban J connectivity index is 3.23. The first-order valence-corrected chi connectivity index (χ1v) is 6.04. The molecule has 0 unspecified atom stereocenters. The number of pyridine rings is 1. The van der Waals surface area contributed by atoms with Crippen LogP contribution < -0.4 is 0 Å². The van der Waals surface area contributed by atoms with Crippen molar-refractivity contribution in [1.29, 1.82) is 0 Å². The van der Waals surface area contributed by atoms with Gasteiger partial charge in [-0.2, -0.15) is 0 Å². The van der Waals surface area contributed by atoms with Gasteiger partial charge >= 0.3 is 5.97 Å². The van der Waals surface area contributed by atoms with E-state index in [1.807, 2.05) is 0 Å². The number of nitrogens with zero attached hydrogens (tertiary/aromatic N) is 1. The van der Waals surface area contributed by atoms with E-state index >= 15 is 0 Å². The summed E-state index contributed by atoms with van der Waals surface area (Å²) < 4.78 is 29.9. The number of alkyl halides is 3. The topological polar surface area (TPSA) is 39.2 Å². The summed E-state index contributed by atoms with van der Waals surface area (Å²) in [6, 6.07) is 1.15. The highest BCUT2D eigenvalue weighted by Crippen LogP contribution is 2.28. The standard InChI is InChI=1S/C10H9BrClF2NO2/c1-2-17-10(16)7-5(4-12)3-6(9(13)14)8(11)15-7/h3,9H,2,4H2,1H3. The number of ether oxygens (including phenoxy) is 1. The molecule has 1 aromatic rings. The van der Waals surface area contributed by atoms with Crippen LogP contribution in [0.25, 0.3) is 0 Å². The van der Waals surface area contributed by atoms with Gasteiger partial charge in [0.15, 0.2) is 5.69 Å². The van der Waals surface area contributed by atoms with Gasteiger partial charge in [0.1, 0.15) is 4.60 Å². The number of esters is 1. The molecule has 0 atom stereocenters. The molecule has 0 saturated heterocycles. The molecule has 0 aliphatic heterocycles. The van der Waals surface area contributed by atoms with E-state index in [0.717, 1.165) is 6.07 Å². The number of carbonyl (C=O) groups is 1. The number of rotatable bonds is 4. The Kier molecular flexibility index (Phi) is 5.27. The van der Waals surface area contributed by atoms with Crippen LogP contribution in [0.1, 0.15) is 35.0 Å². The van der Waals surface area contributed by atoms with Crippen LogP contribution in [-0.2, 0) is 10.6 Å². The van der Waals surface area contributed by atoms with Crippen LogP contribution in [-0.4, -0.2) is 17.6 Å². The fourth-order valence-corrected chi connectivity index (χ4v) is 1.85. The molecule has 3 nitrogen and oxygen atoms in total. The molecule has 0 spiro atoms. The van der Waals surface area contributed by atoms with E-state index in [1.54, 1.807) is 6.92 Å². The van der Waals surface area contributed by atoms with Gasteiger partial charge in [-0.05, 0) is 28.9 Å². The zero-order chi connectivity index (χ0) is 13.0. The third kappa shape index (κ3) is 3.35. The quantitative estimate of drug-likeness (QED) is 0.481. The highest BCUT2D eigenvalue weighted by Gasteiger charge is 2.20. The molecule has 1 rings (SSSR count). The lowest BCUT2D eigenvalue weighted by molar-refractivity contribution is 0.0517. The SMILES string of the molecule is CCOC(=O)c1nc(Br)c(C(F)F)cc1CCl. The minimum absolute atomic E-state index is 0.0434. The largest absolute Gasteiger partial charge is 0.461 e. The van der Waals surface area contributed by atoms with Crippen molar-refractivity contribution in [1.82, 2.24) is 4.98 Å². The van der Waals surface area contributed by atoms with Crippen LogP contribution in [0.15, 0.2) is 10.7 Å². The van der Waals surface area contributed by atoms with Crippen molar-refractivity contribution in [2.45, 2.75) is 19.2 Å². The van der Waals surface area contributed by atoms with Gasteiger partial charge in [0, 0.05) is 11.4 Å². The highest BCUT2D eigenvalue weighted by molar-refractivity contribution is 9.10. The second-order valence-electron chi connectivity index (χ2n) is 3.03. The lowest BCUT2D eigenvalue weighted by atomic mass is 10.1. The van der Waals surface area contributed by atoms with Crippen molar-refractivity contribution in [2.75, 3.05) is 6.61 Å². The average Bonchev–Trinajstić information content (AvgIpc) is 2.28. The summed E-state index contributed by atoms with van der Waals surface area (Å²) >= 11 is 8.49. The van der Waals surface area contributed by atoms with Crippen LogP contribution in [0.2, 0.25) is 0 Å². The zero-order valence-electron chi connectivity index (χ0n) is 8.84.